The van der Waals surface area contributed by atoms with Gasteiger partial charge in [0.05, 0.1) is 11.3 Å². The van der Waals surface area contributed by atoms with Crippen molar-refractivity contribution < 1.29 is 33.5 Å². The standard InChI is InChI=1S/C21H19N9O6S2/c1-36-27-12(10-8-38-21(23)24-10)17(32)25-13-18(33)30-14(20(34)35)9(7-37-19(13)30)6-29-11-4-2-3-5-28(11)16(26-29)15(22)31/h2-5,8,13,19H,6-7H2,1H3,(H5-,22,23,24,25,31,32,34,35)/p+1/b27-12-/t13-,19+/m1/s1. The minimum Gasteiger partial charge on any atom is -0.477 e. The van der Waals surface area contributed by atoms with Gasteiger partial charge in [0, 0.05) is 22.8 Å². The first kappa shape index (κ1) is 25.2. The molecule has 1 saturated heterocycles. The normalized spacial score (nSPS) is 19.2. The number of pyridine rings is 1. The molecule has 5 rings (SSSR count). The molecule has 0 spiro atoms. The molecule has 196 valence electrons. The maximum absolute atomic E-state index is 13.1. The quantitative estimate of drug-likeness (QED) is 0.109. The van der Waals surface area contributed by atoms with Gasteiger partial charge in [-0.1, -0.05) is 11.2 Å². The highest BCUT2D eigenvalue weighted by Crippen LogP contribution is 2.40. The van der Waals surface area contributed by atoms with E-state index in [0.717, 1.165) is 16.2 Å². The summed E-state index contributed by atoms with van der Waals surface area (Å²) in [6, 6.07) is 4.15. The van der Waals surface area contributed by atoms with Gasteiger partial charge in [-0.2, -0.15) is 4.40 Å². The highest BCUT2D eigenvalue weighted by atomic mass is 32.2. The number of carboxylic acid groups (broad SMARTS) is 1. The van der Waals surface area contributed by atoms with Crippen LogP contribution in [0.25, 0.3) is 5.65 Å². The lowest BCUT2D eigenvalue weighted by Crippen LogP contribution is -2.71. The third-order valence-corrected chi connectivity index (χ3v) is 7.82. The number of nitrogens with zero attached hydrogens (tertiary/aromatic N) is 6. The van der Waals surface area contributed by atoms with Crippen molar-refractivity contribution in [2.24, 2.45) is 10.9 Å². The van der Waals surface area contributed by atoms with Crippen molar-refractivity contribution >= 4 is 63.3 Å². The van der Waals surface area contributed by atoms with Crippen molar-refractivity contribution in [1.29, 1.82) is 0 Å². The minimum atomic E-state index is -1.30. The lowest BCUT2D eigenvalue weighted by atomic mass is 10.0. The predicted octanol–water partition coefficient (Wildman–Crippen LogP) is -1.45. The van der Waals surface area contributed by atoms with E-state index in [9.17, 15) is 24.3 Å². The minimum absolute atomic E-state index is 0.00115. The Morgan fingerprint density at radius 1 is 1.37 bits per heavy atom. The van der Waals surface area contributed by atoms with Crippen LogP contribution in [0, 0.1) is 0 Å². The first-order chi connectivity index (χ1) is 18.2. The zero-order valence-electron chi connectivity index (χ0n) is 19.6. The molecule has 0 radical (unpaired) electrons. The number of fused-ring (bicyclic) bond motifs is 2. The fourth-order valence-electron chi connectivity index (χ4n) is 4.21. The number of thioether (sulfide) groups is 1. The molecule has 38 heavy (non-hydrogen) atoms. The summed E-state index contributed by atoms with van der Waals surface area (Å²) < 4.78 is 2.95. The Hall–Kier alpha value is -4.51. The summed E-state index contributed by atoms with van der Waals surface area (Å²) in [5.74, 6) is -3.16. The number of carbonyl (C=O) groups excluding carboxylic acids is 3. The van der Waals surface area contributed by atoms with E-state index < -0.39 is 35.1 Å². The van der Waals surface area contributed by atoms with Crippen LogP contribution in [0.15, 0.2) is 46.2 Å². The number of hydrogen-bond acceptors (Lipinski definition) is 11. The predicted molar refractivity (Wildman–Crippen MR) is 134 cm³/mol. The number of nitrogens with two attached hydrogens (primary N) is 2. The number of nitrogens with one attached hydrogen (secondary N) is 1. The molecule has 5 heterocycles. The topological polar surface area (TPSA) is 212 Å². The number of aliphatic carboxylic acids is 1. The number of primary amides is 1. The third kappa shape index (κ3) is 4.20. The highest BCUT2D eigenvalue weighted by Gasteiger charge is 2.54. The fraction of sp³-hybridized carbons (Fsp3) is 0.238. The summed E-state index contributed by atoms with van der Waals surface area (Å²) in [6.45, 7) is -0.00115. The molecule has 0 saturated carbocycles. The Labute approximate surface area is 221 Å². The van der Waals surface area contributed by atoms with Gasteiger partial charge in [-0.25, -0.2) is 9.78 Å². The summed E-state index contributed by atoms with van der Waals surface area (Å²) >= 11 is 2.39. The highest BCUT2D eigenvalue weighted by molar-refractivity contribution is 8.00. The van der Waals surface area contributed by atoms with Crippen molar-refractivity contribution in [3.63, 3.8) is 0 Å². The van der Waals surface area contributed by atoms with Gasteiger partial charge < -0.3 is 26.7 Å². The van der Waals surface area contributed by atoms with Gasteiger partial charge in [0.25, 0.3) is 17.5 Å². The molecule has 0 aliphatic carbocycles. The number of hydrogen-bond donors (Lipinski definition) is 4. The molecule has 6 N–H and O–H groups in total. The number of nitrogen functional groups attached to an aromatic ring is 1. The lowest BCUT2D eigenvalue weighted by molar-refractivity contribution is -0.515. The average molecular weight is 559 g/mol. The number of β-lactam (4-membered cyclic amide) rings is 1. The van der Waals surface area contributed by atoms with Gasteiger partial charge in [-0.3, -0.25) is 19.3 Å². The maximum atomic E-state index is 13.1. The van der Waals surface area contributed by atoms with E-state index in [2.05, 4.69) is 20.6 Å². The summed E-state index contributed by atoms with van der Waals surface area (Å²) in [5.41, 5.74) is 11.8. The molecule has 3 aromatic heterocycles. The van der Waals surface area contributed by atoms with Crippen LogP contribution in [0.5, 0.6) is 0 Å². The number of anilines is 1. The zero-order chi connectivity index (χ0) is 27.1. The van der Waals surface area contributed by atoms with E-state index in [0.29, 0.717) is 11.2 Å². The van der Waals surface area contributed by atoms with Crippen LogP contribution < -0.4 is 21.2 Å². The molecular formula is C21H20N9O6S2+. The average Bonchev–Trinajstić information content (AvgIpc) is 3.49. The first-order valence-electron chi connectivity index (χ1n) is 10.9. The zero-order valence-corrected chi connectivity index (χ0v) is 21.2. The number of thiazole rings is 1. The Balaban J connectivity index is 1.40. The molecular weight excluding hydrogens is 538 g/mol. The van der Waals surface area contributed by atoms with Crippen LogP contribution in [0.2, 0.25) is 0 Å². The summed E-state index contributed by atoms with van der Waals surface area (Å²) in [5, 5.41) is 21.6. The van der Waals surface area contributed by atoms with Crippen molar-refractivity contribution in [3.05, 3.63) is 52.6 Å². The smallest absolute Gasteiger partial charge is 0.371 e. The van der Waals surface area contributed by atoms with Crippen LogP contribution in [-0.4, -0.2) is 78.5 Å². The van der Waals surface area contributed by atoms with Crippen LogP contribution in [0.4, 0.5) is 5.13 Å². The van der Waals surface area contributed by atoms with E-state index in [1.165, 1.54) is 33.3 Å². The van der Waals surface area contributed by atoms with Crippen molar-refractivity contribution in [2.75, 3.05) is 18.6 Å². The molecule has 3 aromatic rings. The van der Waals surface area contributed by atoms with Gasteiger partial charge >= 0.3 is 17.7 Å². The SMILES string of the molecule is CO/N=C(\C(=O)N[C@@H]1C(=O)N2C(C(=O)O)=C(Cn3nc(C(N)=O)[n+]4ccccc34)CS[C@@H]12)c1csc(N)n1. The molecule has 3 amide bonds. The van der Waals surface area contributed by atoms with Gasteiger partial charge in [0.2, 0.25) is 0 Å². The molecule has 0 bridgehead atoms. The maximum Gasteiger partial charge on any atom is 0.371 e. The van der Waals surface area contributed by atoms with Gasteiger partial charge in [0.1, 0.15) is 36.5 Å². The van der Waals surface area contributed by atoms with Gasteiger partial charge in [-0.05, 0) is 6.07 Å². The van der Waals surface area contributed by atoms with Crippen LogP contribution >= 0.6 is 23.1 Å². The Kier molecular flexibility index (Phi) is 6.45. The first-order valence-corrected chi connectivity index (χ1v) is 12.8. The van der Waals surface area contributed by atoms with Crippen LogP contribution in [0.3, 0.4) is 0 Å². The van der Waals surface area contributed by atoms with Crippen molar-refractivity contribution in [2.45, 2.75) is 18.0 Å². The van der Waals surface area contributed by atoms with Gasteiger partial charge in [0.15, 0.2) is 10.8 Å². The van der Waals surface area contributed by atoms with Crippen molar-refractivity contribution in [1.82, 2.24) is 25.0 Å². The molecule has 0 unspecified atom stereocenters. The molecule has 2 atom stereocenters. The lowest BCUT2D eigenvalue weighted by Gasteiger charge is -2.49. The fourth-order valence-corrected chi connectivity index (χ4v) is 6.09. The summed E-state index contributed by atoms with van der Waals surface area (Å²) in [4.78, 5) is 60.0. The van der Waals surface area contributed by atoms with Gasteiger partial charge in [-0.15, -0.1) is 27.8 Å². The molecule has 2 aliphatic rings. The van der Waals surface area contributed by atoms with Crippen LogP contribution in [-0.2, 0) is 25.8 Å². The largest absolute Gasteiger partial charge is 0.477 e. The number of amides is 3. The molecule has 1 fully saturated rings. The van der Waals surface area contributed by atoms with E-state index in [1.807, 2.05) is 0 Å². The number of rotatable bonds is 8. The molecule has 2 aliphatic heterocycles. The summed E-state index contributed by atoms with van der Waals surface area (Å²) in [6.07, 6.45) is 1.62. The number of aromatic nitrogens is 4. The van der Waals surface area contributed by atoms with E-state index in [4.69, 9.17) is 16.3 Å². The van der Waals surface area contributed by atoms with E-state index in [1.54, 1.807) is 24.4 Å². The van der Waals surface area contributed by atoms with Crippen LogP contribution in [0.1, 0.15) is 16.3 Å². The number of carboxylic acids is 1. The molecule has 15 nitrogen and oxygen atoms in total. The Morgan fingerprint density at radius 2 is 2.16 bits per heavy atom. The third-order valence-electron chi connectivity index (χ3n) is 5.81. The second-order valence-electron chi connectivity index (χ2n) is 8.09. The summed E-state index contributed by atoms with van der Waals surface area (Å²) in [7, 11) is 1.26. The Bertz CT molecular complexity index is 1560. The van der Waals surface area contributed by atoms with E-state index >= 15 is 0 Å². The number of carbonyl (C=O) groups is 4. The molecule has 0 aromatic carbocycles. The van der Waals surface area contributed by atoms with E-state index in [-0.39, 0.29) is 40.4 Å². The van der Waals surface area contributed by atoms with Crippen molar-refractivity contribution in [3.8, 4) is 0 Å². The Morgan fingerprint density at radius 3 is 2.82 bits per heavy atom. The number of oxime groups is 1. The monoisotopic (exact) mass is 558 g/mol. The molecule has 17 heteroatoms. The second kappa shape index (κ2) is 9.75. The second-order valence-corrected chi connectivity index (χ2v) is 10.1.